The molecule has 0 radical (unpaired) electrons. The van der Waals surface area contributed by atoms with Crippen molar-refractivity contribution in [2.75, 3.05) is 6.54 Å². The summed E-state index contributed by atoms with van der Waals surface area (Å²) < 4.78 is 1.67. The number of carboxylic acid groups (broad SMARTS) is 1. The van der Waals surface area contributed by atoms with E-state index in [1.54, 1.807) is 27.7 Å². The minimum Gasteiger partial charge on any atom is -0.476 e. The zero-order valence-corrected chi connectivity index (χ0v) is 11.5. The summed E-state index contributed by atoms with van der Waals surface area (Å²) in [7, 11) is 0. The van der Waals surface area contributed by atoms with Gasteiger partial charge in [-0.2, -0.15) is 0 Å². The molecule has 6 nitrogen and oxygen atoms in total. The summed E-state index contributed by atoms with van der Waals surface area (Å²) in [5.41, 5.74) is 1.52. The Hall–Kier alpha value is -2.34. The molecule has 2 aliphatic heterocycles. The number of carbonyl (C=O) groups excluding carboxylic acids is 1. The summed E-state index contributed by atoms with van der Waals surface area (Å²) in [6.07, 6.45) is 2.17. The van der Waals surface area contributed by atoms with E-state index >= 15 is 0 Å². The Balaban J connectivity index is 2.07. The van der Waals surface area contributed by atoms with Crippen LogP contribution in [-0.4, -0.2) is 38.0 Å². The maximum absolute atomic E-state index is 12.6. The highest BCUT2D eigenvalue weighted by Crippen LogP contribution is 2.42. The molecule has 2 aliphatic rings. The molecule has 1 atom stereocenters. The van der Waals surface area contributed by atoms with Crippen molar-refractivity contribution in [1.29, 1.82) is 0 Å². The summed E-state index contributed by atoms with van der Waals surface area (Å²) in [6.45, 7) is 0.596. The lowest BCUT2D eigenvalue weighted by Crippen LogP contribution is -2.45. The first-order chi connectivity index (χ1) is 10.1. The van der Waals surface area contributed by atoms with Crippen molar-refractivity contribution in [1.82, 2.24) is 14.5 Å². The lowest BCUT2D eigenvalue weighted by Gasteiger charge is -2.39. The molecule has 0 saturated carbocycles. The largest absolute Gasteiger partial charge is 0.476 e. The van der Waals surface area contributed by atoms with Crippen LogP contribution in [0.3, 0.4) is 0 Å². The van der Waals surface area contributed by atoms with Crippen LogP contribution in [0.1, 0.15) is 39.0 Å². The summed E-state index contributed by atoms with van der Waals surface area (Å²) in [6, 6.07) is 4.89. The van der Waals surface area contributed by atoms with Gasteiger partial charge in [-0.3, -0.25) is 9.36 Å². The quantitative estimate of drug-likeness (QED) is 0.875. The Morgan fingerprint density at radius 3 is 2.90 bits per heavy atom. The minimum atomic E-state index is -1.09. The number of hydrogen-bond acceptors (Lipinski definition) is 3. The summed E-state index contributed by atoms with van der Waals surface area (Å²) >= 11 is 6.18. The van der Waals surface area contributed by atoms with Gasteiger partial charge in [-0.05, 0) is 18.6 Å². The first-order valence-electron chi connectivity index (χ1n) is 6.50. The number of fused-ring (bicyclic) bond motifs is 5. The van der Waals surface area contributed by atoms with Crippen LogP contribution in [0.25, 0.3) is 5.69 Å². The van der Waals surface area contributed by atoms with Gasteiger partial charge >= 0.3 is 5.97 Å². The van der Waals surface area contributed by atoms with Gasteiger partial charge in [-0.25, -0.2) is 9.78 Å². The van der Waals surface area contributed by atoms with Gasteiger partial charge in [0.05, 0.1) is 28.0 Å². The number of aromatic nitrogens is 2. The number of imidazole rings is 1. The minimum absolute atomic E-state index is 0.00896. The number of nitrogens with zero attached hydrogens (tertiary/aromatic N) is 3. The molecular formula is C14H10ClN3O3. The van der Waals surface area contributed by atoms with Crippen molar-refractivity contribution in [3.63, 3.8) is 0 Å². The third kappa shape index (κ3) is 1.50. The van der Waals surface area contributed by atoms with Gasteiger partial charge in [0.2, 0.25) is 0 Å². The molecule has 106 valence electrons. The molecule has 7 heteroatoms. The highest BCUT2D eigenvalue weighted by Gasteiger charge is 2.43. The second-order valence-electron chi connectivity index (χ2n) is 5.09. The molecule has 1 fully saturated rings. The summed E-state index contributed by atoms with van der Waals surface area (Å²) in [4.78, 5) is 29.6. The van der Waals surface area contributed by atoms with E-state index in [0.29, 0.717) is 28.5 Å². The van der Waals surface area contributed by atoms with Crippen molar-refractivity contribution in [3.05, 3.63) is 46.5 Å². The maximum atomic E-state index is 12.6. The predicted molar refractivity (Wildman–Crippen MR) is 73.9 cm³/mol. The monoisotopic (exact) mass is 303 g/mol. The smallest absolute Gasteiger partial charge is 0.356 e. The third-order valence-corrected chi connectivity index (χ3v) is 4.38. The first kappa shape index (κ1) is 12.4. The van der Waals surface area contributed by atoms with Crippen molar-refractivity contribution < 1.29 is 14.7 Å². The Kier molecular flexibility index (Phi) is 2.41. The molecule has 1 amide bonds. The predicted octanol–water partition coefficient (Wildman–Crippen LogP) is 2.12. The van der Waals surface area contributed by atoms with E-state index in [2.05, 4.69) is 4.98 Å². The highest BCUT2D eigenvalue weighted by atomic mass is 35.5. The molecule has 2 aromatic rings. The average Bonchev–Trinajstić information content (AvgIpc) is 2.78. The van der Waals surface area contributed by atoms with Crippen LogP contribution in [0.2, 0.25) is 5.02 Å². The lowest BCUT2D eigenvalue weighted by atomic mass is 9.97. The first-order valence-corrected chi connectivity index (χ1v) is 6.87. The van der Waals surface area contributed by atoms with E-state index in [9.17, 15) is 14.7 Å². The molecule has 0 aliphatic carbocycles. The molecule has 3 heterocycles. The fourth-order valence-electron chi connectivity index (χ4n) is 3.02. The Labute approximate surface area is 124 Å². The topological polar surface area (TPSA) is 75.4 Å². The normalized spacial score (nSPS) is 19.2. The van der Waals surface area contributed by atoms with Crippen LogP contribution < -0.4 is 0 Å². The molecule has 21 heavy (non-hydrogen) atoms. The average molecular weight is 304 g/mol. The molecule has 1 aromatic carbocycles. The van der Waals surface area contributed by atoms with E-state index in [1.807, 2.05) is 0 Å². The van der Waals surface area contributed by atoms with Crippen molar-refractivity contribution >= 4 is 23.5 Å². The number of carbonyl (C=O) groups is 2. The van der Waals surface area contributed by atoms with E-state index in [-0.39, 0.29) is 17.6 Å². The molecule has 0 spiro atoms. The van der Waals surface area contributed by atoms with Crippen LogP contribution in [0.5, 0.6) is 0 Å². The number of benzene rings is 1. The number of amides is 1. The molecule has 1 saturated heterocycles. The van der Waals surface area contributed by atoms with Gasteiger partial charge in [-0.15, -0.1) is 0 Å². The zero-order chi connectivity index (χ0) is 14.7. The van der Waals surface area contributed by atoms with Crippen LogP contribution in [0.4, 0.5) is 0 Å². The second-order valence-corrected chi connectivity index (χ2v) is 5.50. The van der Waals surface area contributed by atoms with Gasteiger partial charge < -0.3 is 10.0 Å². The standard InChI is InChI=1S/C14H10ClN3O3/c15-7-2-1-3-8-10(7)13(19)17-5-4-9(17)12-11(14(20)21)16-6-18(8)12/h1-3,6,9H,4-5H2,(H,20,21)/t9-/m0/s1. The SMILES string of the molecule is O=C(O)c1ncn2c1[C@@H]1CCN1C(=O)c1c(Cl)cccc1-2. The Morgan fingerprint density at radius 2 is 2.24 bits per heavy atom. The Morgan fingerprint density at radius 1 is 1.43 bits per heavy atom. The van der Waals surface area contributed by atoms with Crippen LogP contribution in [0, 0.1) is 0 Å². The van der Waals surface area contributed by atoms with Crippen molar-refractivity contribution in [2.45, 2.75) is 12.5 Å². The van der Waals surface area contributed by atoms with E-state index in [0.717, 1.165) is 6.42 Å². The lowest BCUT2D eigenvalue weighted by molar-refractivity contribution is 0.0449. The summed E-state index contributed by atoms with van der Waals surface area (Å²) in [5, 5.41) is 9.68. The molecular weight excluding hydrogens is 294 g/mol. The van der Waals surface area contributed by atoms with Crippen LogP contribution in [-0.2, 0) is 0 Å². The molecule has 1 N–H and O–H groups in total. The third-order valence-electron chi connectivity index (χ3n) is 4.07. The molecule has 4 rings (SSSR count). The maximum Gasteiger partial charge on any atom is 0.356 e. The van der Waals surface area contributed by atoms with E-state index in [1.165, 1.54) is 6.33 Å². The zero-order valence-electron chi connectivity index (χ0n) is 10.8. The number of halogens is 1. The fraction of sp³-hybridized carbons (Fsp3) is 0.214. The number of aromatic carboxylic acids is 1. The molecule has 1 aromatic heterocycles. The highest BCUT2D eigenvalue weighted by molar-refractivity contribution is 6.34. The van der Waals surface area contributed by atoms with Gasteiger partial charge in [0.1, 0.15) is 6.33 Å². The summed E-state index contributed by atoms with van der Waals surface area (Å²) in [5.74, 6) is -1.25. The molecule has 0 bridgehead atoms. The van der Waals surface area contributed by atoms with Gasteiger partial charge in [0.25, 0.3) is 5.91 Å². The Bertz CT molecular complexity index is 799. The molecule has 0 unspecified atom stereocenters. The van der Waals surface area contributed by atoms with Gasteiger partial charge in [0, 0.05) is 6.54 Å². The van der Waals surface area contributed by atoms with Crippen molar-refractivity contribution in [3.8, 4) is 5.69 Å². The van der Waals surface area contributed by atoms with Crippen molar-refractivity contribution in [2.24, 2.45) is 0 Å². The second kappa shape index (κ2) is 4.08. The van der Waals surface area contributed by atoms with E-state index < -0.39 is 5.97 Å². The number of rotatable bonds is 1. The van der Waals surface area contributed by atoms with Gasteiger partial charge in [-0.1, -0.05) is 17.7 Å². The fourth-order valence-corrected chi connectivity index (χ4v) is 3.27. The number of hydrogen-bond donors (Lipinski definition) is 1. The number of carboxylic acids is 1. The van der Waals surface area contributed by atoms with Crippen LogP contribution >= 0.6 is 11.6 Å². The van der Waals surface area contributed by atoms with Gasteiger partial charge in [0.15, 0.2) is 5.69 Å². The van der Waals surface area contributed by atoms with Crippen LogP contribution in [0.15, 0.2) is 24.5 Å². The van der Waals surface area contributed by atoms with E-state index in [4.69, 9.17) is 11.6 Å².